The van der Waals surface area contributed by atoms with E-state index in [1.165, 1.54) is 44.9 Å². The van der Waals surface area contributed by atoms with Crippen LogP contribution in [0.15, 0.2) is 0 Å². The van der Waals surface area contributed by atoms with Crippen molar-refractivity contribution in [1.82, 2.24) is 0 Å². The standard InChI is InChI=1S/C16H38NO3Si.ClH/c1-8-10-11-12-14-16(13-9-2)15-17(3,4)21(18-5,19-6)20-7;/h16H,8-15H2,1-7H3;1H/q+1;/p-1. The lowest BCUT2D eigenvalue weighted by Gasteiger charge is -2.41. The maximum absolute atomic E-state index is 5.69. The van der Waals surface area contributed by atoms with Crippen molar-refractivity contribution >= 4 is 8.97 Å². The fourth-order valence-electron chi connectivity index (χ4n) is 3.34. The third kappa shape index (κ3) is 7.28. The maximum Gasteiger partial charge on any atom is 0.783 e. The lowest BCUT2D eigenvalue weighted by molar-refractivity contribution is -0.823. The van der Waals surface area contributed by atoms with Crippen LogP contribution in [0.1, 0.15) is 58.8 Å². The van der Waals surface area contributed by atoms with E-state index in [9.17, 15) is 0 Å². The second-order valence-electron chi connectivity index (χ2n) is 6.51. The number of nitrogens with zero attached hydrogens (tertiary/aromatic N) is 1. The molecule has 136 valence electrons. The van der Waals surface area contributed by atoms with Crippen molar-refractivity contribution in [3.63, 3.8) is 0 Å². The molecule has 22 heavy (non-hydrogen) atoms. The van der Waals surface area contributed by atoms with Crippen LogP contribution >= 0.6 is 0 Å². The molecule has 0 amide bonds. The Morgan fingerprint density at radius 1 is 0.818 bits per heavy atom. The summed E-state index contributed by atoms with van der Waals surface area (Å²) in [5, 5.41) is 0. The molecule has 0 bridgehead atoms. The molecule has 0 aromatic carbocycles. The third-order valence-electron chi connectivity index (χ3n) is 4.39. The van der Waals surface area contributed by atoms with Gasteiger partial charge >= 0.3 is 8.97 Å². The summed E-state index contributed by atoms with van der Waals surface area (Å²) >= 11 is 0. The Kier molecular flexibility index (Phi) is 14.2. The van der Waals surface area contributed by atoms with Gasteiger partial charge in [-0.2, -0.15) is 0 Å². The Bertz CT molecular complexity index is 256. The number of unbranched alkanes of at least 4 members (excludes halogenated alkanes) is 3. The predicted molar refractivity (Wildman–Crippen MR) is 90.9 cm³/mol. The van der Waals surface area contributed by atoms with Gasteiger partial charge in [-0.05, 0) is 12.8 Å². The Morgan fingerprint density at radius 3 is 1.77 bits per heavy atom. The first kappa shape index (κ1) is 24.6. The second kappa shape index (κ2) is 12.7. The van der Waals surface area contributed by atoms with Gasteiger partial charge in [0.05, 0.1) is 20.6 Å². The average Bonchev–Trinajstić information content (AvgIpc) is 2.45. The van der Waals surface area contributed by atoms with Gasteiger partial charge < -0.3 is 29.8 Å². The molecule has 0 rings (SSSR count). The van der Waals surface area contributed by atoms with Crippen LogP contribution in [-0.2, 0) is 13.3 Å². The Labute approximate surface area is 146 Å². The molecule has 0 heterocycles. The zero-order valence-corrected chi connectivity index (χ0v) is 17.5. The normalized spacial score (nSPS) is 13.8. The van der Waals surface area contributed by atoms with Gasteiger partial charge in [0.15, 0.2) is 0 Å². The fraction of sp³-hybridized carbons (Fsp3) is 1.00. The zero-order valence-electron chi connectivity index (χ0n) is 15.8. The largest absolute Gasteiger partial charge is 1.00 e. The monoisotopic (exact) mass is 355 g/mol. The molecule has 6 heteroatoms. The molecule has 0 saturated heterocycles. The highest BCUT2D eigenvalue weighted by atomic mass is 35.5. The van der Waals surface area contributed by atoms with Crippen LogP contribution < -0.4 is 12.4 Å². The van der Waals surface area contributed by atoms with Gasteiger partial charge in [0.2, 0.25) is 0 Å². The molecule has 1 atom stereocenters. The highest BCUT2D eigenvalue weighted by molar-refractivity contribution is 6.52. The van der Waals surface area contributed by atoms with Crippen molar-refractivity contribution in [3.05, 3.63) is 0 Å². The molecule has 0 aliphatic heterocycles. The smallest absolute Gasteiger partial charge is 0.783 e. The minimum atomic E-state index is -2.65. The Balaban J connectivity index is 0. The van der Waals surface area contributed by atoms with Crippen molar-refractivity contribution < 1.29 is 29.8 Å². The number of halogens is 1. The lowest BCUT2D eigenvalue weighted by atomic mass is 9.96. The maximum atomic E-state index is 5.69. The van der Waals surface area contributed by atoms with Crippen molar-refractivity contribution in [3.8, 4) is 0 Å². The van der Waals surface area contributed by atoms with E-state index in [1.807, 2.05) is 0 Å². The number of quaternary nitrogens is 1. The van der Waals surface area contributed by atoms with E-state index < -0.39 is 8.97 Å². The van der Waals surface area contributed by atoms with Crippen LogP contribution in [0, 0.1) is 5.92 Å². The van der Waals surface area contributed by atoms with Crippen molar-refractivity contribution in [2.75, 3.05) is 42.0 Å². The molecule has 0 spiro atoms. The van der Waals surface area contributed by atoms with Crippen molar-refractivity contribution in [2.24, 2.45) is 5.92 Å². The van der Waals surface area contributed by atoms with Crippen molar-refractivity contribution in [1.29, 1.82) is 0 Å². The molecule has 0 aromatic heterocycles. The van der Waals surface area contributed by atoms with Gasteiger partial charge in [-0.3, -0.25) is 0 Å². The minimum absolute atomic E-state index is 0. The van der Waals surface area contributed by atoms with E-state index in [2.05, 4.69) is 27.9 Å². The second-order valence-corrected chi connectivity index (χ2v) is 9.99. The molecule has 0 saturated carbocycles. The molecule has 1 unspecified atom stereocenters. The SMILES string of the molecule is CCCCCCC(CCC)C[N+](C)(C)[Si](OC)(OC)OC.[Cl-]. The summed E-state index contributed by atoms with van der Waals surface area (Å²) in [7, 11) is 6.81. The van der Waals surface area contributed by atoms with Crippen molar-refractivity contribution in [2.45, 2.75) is 58.8 Å². The molecule has 0 aliphatic rings. The quantitative estimate of drug-likeness (QED) is 0.362. The topological polar surface area (TPSA) is 27.7 Å². The van der Waals surface area contributed by atoms with E-state index in [0.29, 0.717) is 10.1 Å². The van der Waals surface area contributed by atoms with Crippen LogP contribution in [0.5, 0.6) is 0 Å². The van der Waals surface area contributed by atoms with Gasteiger partial charge in [-0.25, -0.2) is 0 Å². The Hall–Kier alpha value is 0.347. The first-order valence-electron chi connectivity index (χ1n) is 8.41. The number of hydrogen-bond acceptors (Lipinski definition) is 3. The van der Waals surface area contributed by atoms with E-state index in [1.54, 1.807) is 21.3 Å². The van der Waals surface area contributed by atoms with E-state index in [4.69, 9.17) is 13.3 Å². The van der Waals surface area contributed by atoms with Gasteiger partial charge in [-0.15, -0.1) is 0 Å². The molecule has 0 aliphatic carbocycles. The molecule has 4 nitrogen and oxygen atoms in total. The number of hydrogen-bond donors (Lipinski definition) is 0. The molecule has 0 N–H and O–H groups in total. The molecular weight excluding hydrogens is 318 g/mol. The molecule has 0 radical (unpaired) electrons. The minimum Gasteiger partial charge on any atom is -1.00 e. The van der Waals surface area contributed by atoms with Crippen LogP contribution in [0.25, 0.3) is 0 Å². The summed E-state index contributed by atoms with van der Waals surface area (Å²) in [6.07, 6.45) is 9.15. The van der Waals surface area contributed by atoms with E-state index >= 15 is 0 Å². The lowest BCUT2D eigenvalue weighted by Crippen LogP contribution is -3.00. The van der Waals surface area contributed by atoms with Gasteiger partial charge in [0.25, 0.3) is 0 Å². The highest BCUT2D eigenvalue weighted by Crippen LogP contribution is 2.25. The molecular formula is C16H38ClNO3Si. The van der Waals surface area contributed by atoms with Crippen LogP contribution in [0.4, 0.5) is 0 Å². The highest BCUT2D eigenvalue weighted by Gasteiger charge is 2.60. The first-order chi connectivity index (χ1) is 9.92. The fourth-order valence-corrected chi connectivity index (χ4v) is 5.81. The molecule has 0 fully saturated rings. The zero-order chi connectivity index (χ0) is 16.4. The van der Waals surface area contributed by atoms with Gasteiger partial charge in [0.1, 0.15) is 0 Å². The van der Waals surface area contributed by atoms with E-state index in [0.717, 1.165) is 6.54 Å². The predicted octanol–water partition coefficient (Wildman–Crippen LogP) is 0.828. The summed E-state index contributed by atoms with van der Waals surface area (Å²) in [6, 6.07) is 0. The summed E-state index contributed by atoms with van der Waals surface area (Å²) < 4.78 is 17.8. The van der Waals surface area contributed by atoms with Gasteiger partial charge in [0, 0.05) is 27.2 Å². The molecule has 0 aromatic rings. The van der Waals surface area contributed by atoms with E-state index in [-0.39, 0.29) is 12.4 Å². The summed E-state index contributed by atoms with van der Waals surface area (Å²) in [5.41, 5.74) is 0. The third-order valence-corrected chi connectivity index (χ3v) is 7.61. The average molecular weight is 356 g/mol. The van der Waals surface area contributed by atoms with Gasteiger partial charge in [-0.1, -0.05) is 46.0 Å². The Morgan fingerprint density at radius 2 is 1.36 bits per heavy atom. The first-order valence-corrected chi connectivity index (χ1v) is 10.1. The van der Waals surface area contributed by atoms with Crippen LogP contribution in [0.3, 0.4) is 0 Å². The summed E-state index contributed by atoms with van der Waals surface area (Å²) in [5.74, 6) is 0.717. The summed E-state index contributed by atoms with van der Waals surface area (Å²) in [4.78, 5) is 0. The summed E-state index contributed by atoms with van der Waals surface area (Å²) in [6.45, 7) is 5.59. The number of rotatable bonds is 13. The van der Waals surface area contributed by atoms with Crippen LogP contribution in [0.2, 0.25) is 0 Å². The van der Waals surface area contributed by atoms with Crippen LogP contribution in [-0.4, -0.2) is 55.1 Å².